The molecule has 0 aromatic carbocycles. The summed E-state index contributed by atoms with van der Waals surface area (Å²) in [5.74, 6) is -0.150. The van der Waals surface area contributed by atoms with E-state index in [0.29, 0.717) is 4.91 Å². The van der Waals surface area contributed by atoms with Gasteiger partial charge in [-0.3, -0.25) is 4.79 Å². The summed E-state index contributed by atoms with van der Waals surface area (Å²) in [6, 6.07) is 0. The van der Waals surface area contributed by atoms with Gasteiger partial charge in [-0.1, -0.05) is 18.3 Å². The van der Waals surface area contributed by atoms with Gasteiger partial charge < -0.3 is 11.1 Å². The molecule has 0 bridgehead atoms. The van der Waals surface area contributed by atoms with Gasteiger partial charge in [0.05, 0.1) is 4.91 Å². The van der Waals surface area contributed by atoms with Gasteiger partial charge in [0.25, 0.3) is 5.91 Å². The fourth-order valence-corrected chi connectivity index (χ4v) is 1.08. The first-order valence-corrected chi connectivity index (χ1v) is 3.00. The maximum Gasteiger partial charge on any atom is 0.259 e. The second kappa shape index (κ2) is 1.80. The molecule has 1 unspecified atom stereocenters. The third kappa shape index (κ3) is 0.850. The Hall–Kier alpha value is -0.480. The predicted molar refractivity (Wildman–Crippen MR) is 32.8 cm³/mol. The van der Waals surface area contributed by atoms with E-state index in [1.165, 1.54) is 11.8 Å². The molecule has 44 valence electrons. The Balaban J connectivity index is 2.64. The maximum atomic E-state index is 10.5. The highest BCUT2D eigenvalue weighted by atomic mass is 32.2. The van der Waals surface area contributed by atoms with Crippen molar-refractivity contribution in [1.82, 2.24) is 5.32 Å². The lowest BCUT2D eigenvalue weighted by atomic mass is 10.6. The number of nitrogens with two attached hydrogens (primary N) is 1. The van der Waals surface area contributed by atoms with E-state index in [-0.39, 0.29) is 11.4 Å². The Morgan fingerprint density at radius 2 is 2.50 bits per heavy atom. The third-order valence-corrected chi connectivity index (χ3v) is 1.64. The van der Waals surface area contributed by atoms with Crippen molar-refractivity contribution in [3.05, 3.63) is 11.5 Å². The van der Waals surface area contributed by atoms with Gasteiger partial charge in [0.2, 0.25) is 0 Å². The second-order valence-electron chi connectivity index (χ2n) is 1.44. The summed E-state index contributed by atoms with van der Waals surface area (Å²) in [7, 11) is 0. The molecule has 4 heteroatoms. The van der Waals surface area contributed by atoms with Crippen LogP contribution < -0.4 is 11.1 Å². The molecule has 1 atom stereocenters. The first-order chi connectivity index (χ1) is 3.70. The first-order valence-electron chi connectivity index (χ1n) is 2.12. The standard InChI is InChI=1S/C4H6N2OS/c1-2-3(7)6-4(5)8-2/h4H,1,5H2,(H,6,7). The molecular weight excluding hydrogens is 124 g/mol. The summed E-state index contributed by atoms with van der Waals surface area (Å²) in [6.45, 7) is 3.46. The molecule has 0 spiro atoms. The van der Waals surface area contributed by atoms with Crippen molar-refractivity contribution in [2.45, 2.75) is 5.50 Å². The van der Waals surface area contributed by atoms with Gasteiger partial charge >= 0.3 is 0 Å². The Morgan fingerprint density at radius 1 is 1.88 bits per heavy atom. The molecule has 0 aliphatic carbocycles. The van der Waals surface area contributed by atoms with E-state index in [1.54, 1.807) is 0 Å². The number of carbonyl (C=O) groups is 1. The number of rotatable bonds is 0. The second-order valence-corrected chi connectivity index (χ2v) is 2.67. The van der Waals surface area contributed by atoms with Crippen molar-refractivity contribution in [3.8, 4) is 0 Å². The molecular formula is C4H6N2OS. The average molecular weight is 130 g/mol. The van der Waals surface area contributed by atoms with E-state index < -0.39 is 0 Å². The Morgan fingerprint density at radius 3 is 2.62 bits per heavy atom. The molecule has 1 fully saturated rings. The van der Waals surface area contributed by atoms with Crippen LogP contribution in [0.4, 0.5) is 0 Å². The van der Waals surface area contributed by atoms with Gasteiger partial charge in [-0.15, -0.1) is 0 Å². The highest BCUT2D eigenvalue weighted by Crippen LogP contribution is 2.21. The zero-order chi connectivity index (χ0) is 6.15. The normalized spacial score (nSPS) is 28.4. The predicted octanol–water partition coefficient (Wildman–Crippen LogP) is -0.395. The largest absolute Gasteiger partial charge is 0.327 e. The number of nitrogens with one attached hydrogen (secondary N) is 1. The van der Waals surface area contributed by atoms with Gasteiger partial charge in [-0.2, -0.15) is 0 Å². The Kier molecular flexibility index (Phi) is 1.27. The lowest BCUT2D eigenvalue weighted by molar-refractivity contribution is -0.116. The van der Waals surface area contributed by atoms with Crippen LogP contribution in [0.25, 0.3) is 0 Å². The molecule has 0 aromatic heterocycles. The van der Waals surface area contributed by atoms with Gasteiger partial charge in [-0.05, 0) is 0 Å². The summed E-state index contributed by atoms with van der Waals surface area (Å²) >= 11 is 1.25. The van der Waals surface area contributed by atoms with E-state index in [2.05, 4.69) is 11.9 Å². The van der Waals surface area contributed by atoms with Gasteiger partial charge in [0.15, 0.2) is 0 Å². The van der Waals surface area contributed by atoms with Crippen LogP contribution in [0, 0.1) is 0 Å². The monoisotopic (exact) mass is 130 g/mol. The van der Waals surface area contributed by atoms with Crippen molar-refractivity contribution in [3.63, 3.8) is 0 Å². The molecule has 1 aliphatic heterocycles. The molecule has 1 saturated heterocycles. The summed E-state index contributed by atoms with van der Waals surface area (Å²) in [4.78, 5) is 11.0. The molecule has 1 aliphatic rings. The van der Waals surface area contributed by atoms with Crippen molar-refractivity contribution in [2.24, 2.45) is 5.73 Å². The van der Waals surface area contributed by atoms with Crippen LogP contribution in [-0.2, 0) is 4.79 Å². The minimum Gasteiger partial charge on any atom is -0.327 e. The number of hydrogen-bond donors (Lipinski definition) is 2. The first kappa shape index (κ1) is 5.65. The van der Waals surface area contributed by atoms with E-state index >= 15 is 0 Å². The SMILES string of the molecule is C=C1SC(N)NC1=O. The van der Waals surface area contributed by atoms with E-state index in [0.717, 1.165) is 0 Å². The molecule has 0 radical (unpaired) electrons. The van der Waals surface area contributed by atoms with Gasteiger partial charge in [0.1, 0.15) is 5.50 Å². The van der Waals surface area contributed by atoms with E-state index in [9.17, 15) is 4.79 Å². The molecule has 3 nitrogen and oxygen atoms in total. The molecule has 1 amide bonds. The topological polar surface area (TPSA) is 55.1 Å². The molecule has 0 saturated carbocycles. The highest BCUT2D eigenvalue weighted by molar-refractivity contribution is 8.05. The molecule has 1 rings (SSSR count). The van der Waals surface area contributed by atoms with Gasteiger partial charge in [-0.25, -0.2) is 0 Å². The fraction of sp³-hybridized carbons (Fsp3) is 0.250. The molecule has 8 heavy (non-hydrogen) atoms. The number of amides is 1. The van der Waals surface area contributed by atoms with Crippen molar-refractivity contribution < 1.29 is 4.79 Å². The van der Waals surface area contributed by atoms with Crippen LogP contribution in [0.15, 0.2) is 11.5 Å². The zero-order valence-electron chi connectivity index (χ0n) is 4.18. The van der Waals surface area contributed by atoms with Gasteiger partial charge in [0, 0.05) is 0 Å². The lowest BCUT2D eigenvalue weighted by Gasteiger charge is -1.94. The number of carbonyl (C=O) groups excluding carboxylic acids is 1. The smallest absolute Gasteiger partial charge is 0.259 e. The maximum absolute atomic E-state index is 10.5. The van der Waals surface area contributed by atoms with E-state index in [4.69, 9.17) is 5.73 Å². The summed E-state index contributed by atoms with van der Waals surface area (Å²) in [6.07, 6.45) is 0. The Labute approximate surface area is 51.3 Å². The minimum atomic E-state index is -0.282. The molecule has 3 N–H and O–H groups in total. The van der Waals surface area contributed by atoms with Crippen LogP contribution >= 0.6 is 11.8 Å². The zero-order valence-corrected chi connectivity index (χ0v) is 4.99. The van der Waals surface area contributed by atoms with Crippen LogP contribution in [0.2, 0.25) is 0 Å². The van der Waals surface area contributed by atoms with E-state index in [1.807, 2.05) is 0 Å². The highest BCUT2D eigenvalue weighted by Gasteiger charge is 2.21. The van der Waals surface area contributed by atoms with Crippen LogP contribution in [0.3, 0.4) is 0 Å². The number of hydrogen-bond acceptors (Lipinski definition) is 3. The number of thioether (sulfide) groups is 1. The van der Waals surface area contributed by atoms with Crippen LogP contribution in [0.5, 0.6) is 0 Å². The van der Waals surface area contributed by atoms with Crippen molar-refractivity contribution in [1.29, 1.82) is 0 Å². The van der Waals surface area contributed by atoms with Crippen molar-refractivity contribution >= 4 is 17.7 Å². The Bertz CT molecular complexity index is 129. The van der Waals surface area contributed by atoms with Crippen LogP contribution in [-0.4, -0.2) is 11.4 Å². The average Bonchev–Trinajstić information content (AvgIpc) is 1.85. The fourth-order valence-electron chi connectivity index (χ4n) is 0.446. The lowest BCUT2D eigenvalue weighted by Crippen LogP contribution is -2.31. The summed E-state index contributed by atoms with van der Waals surface area (Å²) in [5, 5.41) is 2.47. The summed E-state index contributed by atoms with van der Waals surface area (Å²) in [5.41, 5.74) is 5.00. The molecule has 0 aromatic rings. The van der Waals surface area contributed by atoms with Crippen LogP contribution in [0.1, 0.15) is 0 Å². The molecule has 1 heterocycles. The third-order valence-electron chi connectivity index (χ3n) is 0.796. The summed E-state index contributed by atoms with van der Waals surface area (Å²) < 4.78 is 0. The van der Waals surface area contributed by atoms with Crippen molar-refractivity contribution in [2.75, 3.05) is 0 Å². The minimum absolute atomic E-state index is 0.150. The quantitative estimate of drug-likeness (QED) is 0.439.